The lowest BCUT2D eigenvalue weighted by Gasteiger charge is -2.01. The molecule has 0 aromatic carbocycles. The standard InChI is InChI=1S/C12H7Cl2N3S.C8H10ClNO2S/c1-6-9(13)8-10(14)16-11(17-12(8)18-6)7-2-4-15-5-3-7;1-3-12-8(11)5-6(9)4(2)13-7(5)10/h2-5H,1H3;3,10H2,1-2H3. The smallest absolute Gasteiger partial charge is 0.342 e. The molecule has 0 saturated heterocycles. The van der Waals surface area contributed by atoms with Gasteiger partial charge in [0.25, 0.3) is 0 Å². The van der Waals surface area contributed by atoms with Gasteiger partial charge in [0.1, 0.15) is 20.5 Å². The molecule has 0 radical (unpaired) electrons. The van der Waals surface area contributed by atoms with Crippen LogP contribution < -0.4 is 5.73 Å². The van der Waals surface area contributed by atoms with E-state index in [1.54, 1.807) is 19.3 Å². The molecule has 162 valence electrons. The minimum absolute atomic E-state index is 0.297. The van der Waals surface area contributed by atoms with E-state index in [4.69, 9.17) is 45.3 Å². The molecule has 6 nitrogen and oxygen atoms in total. The molecule has 0 amide bonds. The van der Waals surface area contributed by atoms with Crippen molar-refractivity contribution < 1.29 is 9.53 Å². The highest BCUT2D eigenvalue weighted by atomic mass is 35.5. The Balaban J connectivity index is 0.000000187. The Labute approximate surface area is 202 Å². The van der Waals surface area contributed by atoms with Crippen molar-refractivity contribution in [3.8, 4) is 11.4 Å². The summed E-state index contributed by atoms with van der Waals surface area (Å²) in [5, 5.41) is 2.59. The van der Waals surface area contributed by atoms with E-state index in [-0.39, 0.29) is 0 Å². The summed E-state index contributed by atoms with van der Waals surface area (Å²) >= 11 is 21.1. The fraction of sp³-hybridized carbons (Fsp3) is 0.200. The predicted octanol–water partition coefficient (Wildman–Crippen LogP) is 6.84. The van der Waals surface area contributed by atoms with Gasteiger partial charge >= 0.3 is 5.97 Å². The van der Waals surface area contributed by atoms with Crippen molar-refractivity contribution in [1.29, 1.82) is 0 Å². The zero-order valence-corrected chi connectivity index (χ0v) is 20.6. The number of ether oxygens (including phenoxy) is 1. The first kappa shape index (κ1) is 23.7. The van der Waals surface area contributed by atoms with Crippen LogP contribution in [0.4, 0.5) is 5.00 Å². The fourth-order valence-corrected chi connectivity index (χ4v) is 5.40. The third kappa shape index (κ3) is 5.10. The molecule has 0 bridgehead atoms. The molecule has 31 heavy (non-hydrogen) atoms. The number of halogens is 3. The Morgan fingerprint density at radius 2 is 1.71 bits per heavy atom. The normalized spacial score (nSPS) is 10.6. The third-order valence-electron chi connectivity index (χ3n) is 4.07. The second-order valence-electron chi connectivity index (χ2n) is 6.16. The molecule has 0 aliphatic carbocycles. The van der Waals surface area contributed by atoms with Crippen LogP contribution in [0.3, 0.4) is 0 Å². The summed E-state index contributed by atoms with van der Waals surface area (Å²) in [6.45, 7) is 5.81. The monoisotopic (exact) mass is 514 g/mol. The molecular weight excluding hydrogens is 499 g/mol. The molecule has 0 spiro atoms. The Morgan fingerprint density at radius 3 is 2.29 bits per heavy atom. The number of nitrogen functional groups attached to an aromatic ring is 1. The van der Waals surface area contributed by atoms with Crippen LogP contribution in [0.1, 0.15) is 27.0 Å². The molecule has 0 unspecified atom stereocenters. The van der Waals surface area contributed by atoms with Crippen molar-refractivity contribution in [2.45, 2.75) is 20.8 Å². The highest BCUT2D eigenvalue weighted by molar-refractivity contribution is 7.19. The van der Waals surface area contributed by atoms with Crippen molar-refractivity contribution in [1.82, 2.24) is 15.0 Å². The second-order valence-corrected chi connectivity index (χ2v) is 9.73. The maximum absolute atomic E-state index is 11.3. The number of fused-ring (bicyclic) bond motifs is 1. The quantitative estimate of drug-likeness (QED) is 0.237. The van der Waals surface area contributed by atoms with Crippen LogP contribution >= 0.6 is 57.5 Å². The first-order valence-electron chi connectivity index (χ1n) is 8.98. The van der Waals surface area contributed by atoms with E-state index in [1.165, 1.54) is 22.7 Å². The first-order valence-corrected chi connectivity index (χ1v) is 11.7. The van der Waals surface area contributed by atoms with Crippen LogP contribution in [0, 0.1) is 13.8 Å². The molecule has 0 aliphatic heterocycles. The summed E-state index contributed by atoms with van der Waals surface area (Å²) in [5.41, 5.74) is 6.79. The lowest BCUT2D eigenvalue weighted by atomic mass is 10.2. The van der Waals surface area contributed by atoms with Crippen LogP contribution in [0.5, 0.6) is 0 Å². The van der Waals surface area contributed by atoms with E-state index in [0.29, 0.717) is 38.2 Å². The Morgan fingerprint density at radius 1 is 1.06 bits per heavy atom. The van der Waals surface area contributed by atoms with E-state index < -0.39 is 5.97 Å². The molecule has 4 aromatic rings. The number of pyridine rings is 1. The van der Waals surface area contributed by atoms with Crippen LogP contribution in [0.2, 0.25) is 15.2 Å². The molecule has 0 atom stereocenters. The molecule has 4 rings (SSSR count). The number of anilines is 1. The van der Waals surface area contributed by atoms with Gasteiger partial charge in [-0.1, -0.05) is 34.8 Å². The lowest BCUT2D eigenvalue weighted by molar-refractivity contribution is 0.0528. The first-order chi connectivity index (χ1) is 14.7. The van der Waals surface area contributed by atoms with Gasteiger partial charge in [-0.2, -0.15) is 0 Å². The minimum atomic E-state index is -0.450. The Bertz CT molecular complexity index is 1240. The zero-order chi connectivity index (χ0) is 22.7. The van der Waals surface area contributed by atoms with Gasteiger partial charge in [0.05, 0.1) is 22.0 Å². The predicted molar refractivity (Wildman–Crippen MR) is 130 cm³/mol. The van der Waals surface area contributed by atoms with Crippen molar-refractivity contribution in [3.63, 3.8) is 0 Å². The summed E-state index contributed by atoms with van der Waals surface area (Å²) < 4.78 is 4.81. The van der Waals surface area contributed by atoms with Crippen molar-refractivity contribution >= 4 is 78.7 Å². The molecule has 0 fully saturated rings. The summed E-state index contributed by atoms with van der Waals surface area (Å²) in [5.74, 6) is 0.141. The summed E-state index contributed by atoms with van der Waals surface area (Å²) in [4.78, 5) is 26.7. The van der Waals surface area contributed by atoms with Crippen molar-refractivity contribution in [2.75, 3.05) is 12.3 Å². The van der Waals surface area contributed by atoms with Gasteiger partial charge in [0.2, 0.25) is 0 Å². The van der Waals surface area contributed by atoms with Gasteiger partial charge in [0.15, 0.2) is 5.82 Å². The molecule has 11 heteroatoms. The average molecular weight is 516 g/mol. The Kier molecular flexibility index (Phi) is 7.72. The number of hydrogen-bond acceptors (Lipinski definition) is 8. The SMILES string of the molecule is CCOC(=O)c1c(N)sc(C)c1Cl.Cc1sc2nc(-c3ccncc3)nc(Cl)c2c1Cl. The maximum Gasteiger partial charge on any atom is 0.342 e. The third-order valence-corrected chi connectivity index (χ3v) is 7.44. The summed E-state index contributed by atoms with van der Waals surface area (Å²) in [7, 11) is 0. The zero-order valence-electron chi connectivity index (χ0n) is 16.7. The number of nitrogens with zero attached hydrogens (tertiary/aromatic N) is 3. The van der Waals surface area contributed by atoms with E-state index in [2.05, 4.69) is 15.0 Å². The Hall–Kier alpha value is -1.97. The highest BCUT2D eigenvalue weighted by Gasteiger charge is 2.20. The average Bonchev–Trinajstić information content (AvgIpc) is 3.17. The van der Waals surface area contributed by atoms with Crippen molar-refractivity contribution in [2.24, 2.45) is 0 Å². The molecule has 4 heterocycles. The van der Waals surface area contributed by atoms with Gasteiger partial charge in [-0.15, -0.1) is 22.7 Å². The lowest BCUT2D eigenvalue weighted by Crippen LogP contribution is -2.06. The number of aromatic nitrogens is 3. The number of nitrogens with two attached hydrogens (primary N) is 1. The topological polar surface area (TPSA) is 91.0 Å². The van der Waals surface area contributed by atoms with E-state index in [1.807, 2.05) is 26.0 Å². The molecule has 2 N–H and O–H groups in total. The molecule has 0 saturated carbocycles. The number of thiophene rings is 2. The van der Waals surface area contributed by atoms with Gasteiger partial charge in [-0.25, -0.2) is 14.8 Å². The summed E-state index contributed by atoms with van der Waals surface area (Å²) in [6.07, 6.45) is 3.40. The van der Waals surface area contributed by atoms with E-state index >= 15 is 0 Å². The number of rotatable bonds is 3. The van der Waals surface area contributed by atoms with Crippen molar-refractivity contribution in [3.05, 3.63) is 55.0 Å². The summed E-state index contributed by atoms with van der Waals surface area (Å²) in [6, 6.07) is 3.69. The highest BCUT2D eigenvalue weighted by Crippen LogP contribution is 2.38. The van der Waals surface area contributed by atoms with Gasteiger partial charge in [-0.3, -0.25) is 4.98 Å². The largest absolute Gasteiger partial charge is 0.462 e. The van der Waals surface area contributed by atoms with Crippen LogP contribution in [-0.2, 0) is 4.74 Å². The number of carbonyl (C=O) groups is 1. The van der Waals surface area contributed by atoms with Gasteiger partial charge < -0.3 is 10.5 Å². The number of esters is 1. The number of aryl methyl sites for hydroxylation is 2. The number of carbonyl (C=O) groups excluding carboxylic acids is 1. The van der Waals surface area contributed by atoms with Crippen LogP contribution in [0.25, 0.3) is 21.6 Å². The number of hydrogen-bond donors (Lipinski definition) is 1. The second kappa shape index (κ2) is 10.1. The molecule has 0 aliphatic rings. The molecular formula is C20H17Cl3N4O2S2. The maximum atomic E-state index is 11.3. The minimum Gasteiger partial charge on any atom is -0.462 e. The van der Waals surface area contributed by atoms with E-state index in [9.17, 15) is 4.79 Å². The van der Waals surface area contributed by atoms with Crippen LogP contribution in [0.15, 0.2) is 24.5 Å². The van der Waals surface area contributed by atoms with Gasteiger partial charge in [0, 0.05) is 27.7 Å². The van der Waals surface area contributed by atoms with Crippen LogP contribution in [-0.4, -0.2) is 27.5 Å². The van der Waals surface area contributed by atoms with Gasteiger partial charge in [-0.05, 0) is 32.9 Å². The van der Waals surface area contributed by atoms with E-state index in [0.717, 1.165) is 25.5 Å². The fourth-order valence-electron chi connectivity index (χ4n) is 2.61. The molecule has 4 aromatic heterocycles.